The summed E-state index contributed by atoms with van der Waals surface area (Å²) >= 11 is 2.98. The predicted molar refractivity (Wildman–Crippen MR) is 77.3 cm³/mol. The first-order valence-electron chi connectivity index (χ1n) is 5.56. The molecule has 19 heavy (non-hydrogen) atoms. The standard InChI is InChI=1S/C11H14BrFN2O2S.ClH/c12-9-3-2-8(6-10(9)13)18(16,17)15-7-11(14)4-1-5-11;/h2-3,6,15H,1,4-5,7,14H2;1H. The summed E-state index contributed by atoms with van der Waals surface area (Å²) in [4.78, 5) is -0.0916. The highest BCUT2D eigenvalue weighted by atomic mass is 79.9. The van der Waals surface area contributed by atoms with Crippen LogP contribution in [-0.2, 0) is 10.0 Å². The molecule has 1 fully saturated rings. The van der Waals surface area contributed by atoms with Gasteiger partial charge in [-0.15, -0.1) is 12.4 Å². The van der Waals surface area contributed by atoms with Crippen molar-refractivity contribution in [2.75, 3.05) is 6.54 Å². The van der Waals surface area contributed by atoms with Gasteiger partial charge in [-0.1, -0.05) is 0 Å². The number of nitrogens with two attached hydrogens (primary N) is 1. The van der Waals surface area contributed by atoms with Crippen molar-refractivity contribution in [2.24, 2.45) is 5.73 Å². The largest absolute Gasteiger partial charge is 0.324 e. The molecular weight excluding hydrogens is 359 g/mol. The Bertz CT molecular complexity index is 564. The number of benzene rings is 1. The fourth-order valence-corrected chi connectivity index (χ4v) is 3.17. The van der Waals surface area contributed by atoms with Gasteiger partial charge in [0.15, 0.2) is 0 Å². The van der Waals surface area contributed by atoms with Gasteiger partial charge in [-0.2, -0.15) is 0 Å². The van der Waals surface area contributed by atoms with Gasteiger partial charge in [-0.25, -0.2) is 17.5 Å². The third-order valence-electron chi connectivity index (χ3n) is 3.16. The molecule has 8 heteroatoms. The molecule has 0 aromatic heterocycles. The number of halogens is 3. The van der Waals surface area contributed by atoms with E-state index in [4.69, 9.17) is 5.73 Å². The van der Waals surface area contributed by atoms with E-state index in [1.165, 1.54) is 12.1 Å². The molecule has 0 heterocycles. The molecule has 0 radical (unpaired) electrons. The monoisotopic (exact) mass is 372 g/mol. The minimum absolute atomic E-state index is 0. The van der Waals surface area contributed by atoms with Gasteiger partial charge < -0.3 is 5.73 Å². The SMILES string of the molecule is Cl.NC1(CNS(=O)(=O)c2ccc(Br)c(F)c2)CCC1. The second kappa shape index (κ2) is 6.05. The molecule has 3 N–H and O–H groups in total. The van der Waals surface area contributed by atoms with Gasteiger partial charge in [0.1, 0.15) is 5.82 Å². The van der Waals surface area contributed by atoms with Crippen LogP contribution in [-0.4, -0.2) is 20.5 Å². The van der Waals surface area contributed by atoms with Gasteiger partial charge in [-0.05, 0) is 53.4 Å². The van der Waals surface area contributed by atoms with Crippen molar-refractivity contribution in [3.8, 4) is 0 Å². The smallest absolute Gasteiger partial charge is 0.240 e. The third-order valence-corrected chi connectivity index (χ3v) is 5.21. The molecule has 2 rings (SSSR count). The summed E-state index contributed by atoms with van der Waals surface area (Å²) in [5, 5.41) is 0. The van der Waals surface area contributed by atoms with E-state index in [2.05, 4.69) is 20.7 Å². The van der Waals surface area contributed by atoms with E-state index in [9.17, 15) is 12.8 Å². The van der Waals surface area contributed by atoms with Gasteiger partial charge in [0.25, 0.3) is 0 Å². The zero-order valence-electron chi connectivity index (χ0n) is 10.0. The maximum absolute atomic E-state index is 13.3. The number of nitrogens with one attached hydrogen (secondary N) is 1. The second-order valence-electron chi connectivity index (χ2n) is 4.62. The van der Waals surface area contributed by atoms with Crippen LogP contribution in [0.25, 0.3) is 0 Å². The fraction of sp³-hybridized carbons (Fsp3) is 0.455. The van der Waals surface area contributed by atoms with Crippen LogP contribution in [0.15, 0.2) is 27.6 Å². The van der Waals surface area contributed by atoms with E-state index in [0.29, 0.717) is 0 Å². The van der Waals surface area contributed by atoms with Crippen LogP contribution in [0.1, 0.15) is 19.3 Å². The van der Waals surface area contributed by atoms with E-state index >= 15 is 0 Å². The zero-order chi connectivity index (χ0) is 13.4. The summed E-state index contributed by atoms with van der Waals surface area (Å²) < 4.78 is 39.8. The van der Waals surface area contributed by atoms with Crippen molar-refractivity contribution < 1.29 is 12.8 Å². The Morgan fingerprint density at radius 3 is 2.53 bits per heavy atom. The first-order chi connectivity index (χ1) is 8.32. The second-order valence-corrected chi connectivity index (χ2v) is 7.24. The van der Waals surface area contributed by atoms with Crippen LogP contribution < -0.4 is 10.5 Å². The van der Waals surface area contributed by atoms with E-state index in [1.807, 2.05) is 0 Å². The van der Waals surface area contributed by atoms with Crippen molar-refractivity contribution >= 4 is 38.4 Å². The van der Waals surface area contributed by atoms with Crippen LogP contribution in [0.4, 0.5) is 4.39 Å². The number of hydrogen-bond donors (Lipinski definition) is 2. The number of sulfonamides is 1. The molecule has 0 saturated heterocycles. The maximum Gasteiger partial charge on any atom is 0.240 e. The average molecular weight is 374 g/mol. The maximum atomic E-state index is 13.3. The lowest BCUT2D eigenvalue weighted by Gasteiger charge is -2.37. The molecule has 1 aromatic rings. The molecule has 0 aliphatic heterocycles. The van der Waals surface area contributed by atoms with Crippen molar-refractivity contribution in [1.82, 2.24) is 4.72 Å². The summed E-state index contributed by atoms with van der Waals surface area (Å²) in [6.45, 7) is 0.188. The first-order valence-corrected chi connectivity index (χ1v) is 7.84. The highest BCUT2D eigenvalue weighted by Gasteiger charge is 2.33. The molecule has 108 valence electrons. The van der Waals surface area contributed by atoms with E-state index in [-0.39, 0.29) is 28.3 Å². The number of hydrogen-bond acceptors (Lipinski definition) is 3. The Balaban J connectivity index is 0.00000180. The highest BCUT2D eigenvalue weighted by Crippen LogP contribution is 2.28. The summed E-state index contributed by atoms with van der Waals surface area (Å²) in [5.41, 5.74) is 5.49. The molecule has 1 saturated carbocycles. The molecule has 0 unspecified atom stereocenters. The van der Waals surface area contributed by atoms with Crippen LogP contribution in [0, 0.1) is 5.82 Å². The molecule has 0 amide bonds. The Kier molecular flexibility index (Phi) is 5.36. The van der Waals surface area contributed by atoms with Gasteiger partial charge >= 0.3 is 0 Å². The van der Waals surface area contributed by atoms with Crippen LogP contribution in [0.3, 0.4) is 0 Å². The molecule has 4 nitrogen and oxygen atoms in total. The Hall–Kier alpha value is -0.210. The third kappa shape index (κ3) is 3.88. The van der Waals surface area contributed by atoms with Crippen LogP contribution in [0.5, 0.6) is 0 Å². The zero-order valence-corrected chi connectivity index (χ0v) is 13.2. The molecule has 1 aliphatic carbocycles. The Morgan fingerprint density at radius 1 is 1.42 bits per heavy atom. The molecule has 0 bridgehead atoms. The van der Waals surface area contributed by atoms with Crippen molar-refractivity contribution in [1.29, 1.82) is 0 Å². The quantitative estimate of drug-likeness (QED) is 0.849. The van der Waals surface area contributed by atoms with Crippen molar-refractivity contribution in [3.63, 3.8) is 0 Å². The van der Waals surface area contributed by atoms with E-state index in [1.54, 1.807) is 0 Å². The van der Waals surface area contributed by atoms with E-state index in [0.717, 1.165) is 25.3 Å². The van der Waals surface area contributed by atoms with Gasteiger partial charge in [0.2, 0.25) is 10.0 Å². The fourth-order valence-electron chi connectivity index (χ4n) is 1.77. The average Bonchev–Trinajstić information content (AvgIpc) is 2.27. The summed E-state index contributed by atoms with van der Waals surface area (Å²) in [6.07, 6.45) is 2.64. The van der Waals surface area contributed by atoms with Gasteiger partial charge in [0.05, 0.1) is 9.37 Å². The molecule has 1 aromatic carbocycles. The van der Waals surface area contributed by atoms with Gasteiger partial charge in [-0.3, -0.25) is 0 Å². The Morgan fingerprint density at radius 2 is 2.05 bits per heavy atom. The molecular formula is C11H15BrClFN2O2S. The van der Waals surface area contributed by atoms with Crippen LogP contribution >= 0.6 is 28.3 Å². The topological polar surface area (TPSA) is 72.2 Å². The van der Waals surface area contributed by atoms with Crippen molar-refractivity contribution in [3.05, 3.63) is 28.5 Å². The lowest BCUT2D eigenvalue weighted by atomic mass is 9.78. The van der Waals surface area contributed by atoms with Gasteiger partial charge in [0, 0.05) is 12.1 Å². The summed E-state index contributed by atoms with van der Waals surface area (Å²) in [6, 6.07) is 3.70. The molecule has 0 spiro atoms. The first kappa shape index (κ1) is 16.8. The molecule has 0 atom stereocenters. The number of rotatable bonds is 4. The summed E-state index contributed by atoms with van der Waals surface area (Å²) in [5.74, 6) is -0.607. The lowest BCUT2D eigenvalue weighted by molar-refractivity contribution is 0.251. The normalized spacial score (nSPS) is 17.4. The highest BCUT2D eigenvalue weighted by molar-refractivity contribution is 9.10. The van der Waals surface area contributed by atoms with Crippen molar-refractivity contribution in [2.45, 2.75) is 29.7 Å². The minimum atomic E-state index is -3.70. The minimum Gasteiger partial charge on any atom is -0.324 e. The molecule has 1 aliphatic rings. The van der Waals surface area contributed by atoms with Crippen LogP contribution in [0.2, 0.25) is 0 Å². The van der Waals surface area contributed by atoms with E-state index < -0.39 is 21.4 Å². The summed E-state index contributed by atoms with van der Waals surface area (Å²) in [7, 11) is -3.70. The predicted octanol–water partition coefficient (Wildman–Crippen LogP) is 2.17. The lowest BCUT2D eigenvalue weighted by Crippen LogP contribution is -2.54. The Labute approximate surface area is 126 Å².